The van der Waals surface area contributed by atoms with Gasteiger partial charge < -0.3 is 68.4 Å². The molecule has 7 amide bonds. The minimum atomic E-state index is -1.80. The first-order valence-electron chi connectivity index (χ1n) is 23.5. The number of H-pyrrole nitrogens is 1. The van der Waals surface area contributed by atoms with E-state index in [2.05, 4.69) is 42.2 Å². The smallest absolute Gasteiger partial charge is 0.328 e. The van der Waals surface area contributed by atoms with Crippen molar-refractivity contribution in [1.82, 2.24) is 42.2 Å². The number of aromatic nitrogens is 1. The summed E-state index contributed by atoms with van der Waals surface area (Å²) in [6, 6.07) is 11.7. The van der Waals surface area contributed by atoms with Crippen molar-refractivity contribution in [1.29, 1.82) is 0 Å². The average molecular weight is 1030 g/mol. The first-order chi connectivity index (χ1) is 34.4. The standard InChI is InChI=1S/C49H63N9O12S2/c1-27(59)41-48(68)56-39(47(67)58-42(28(2)60)49(69)70)26-72-71-25-38(52-40(62)20-17-29-10-4-3-5-11-29)46(66)54-36(22-30-15-18-32(61)19-16-30)44(64)55-37(23-31-24-51-34-13-7-6-12-33(31)34)45(65)53-35(43(63)57-41)14-8-9-21-50/h3-7,10-13,15-16,18-19,24,27-28,35-39,41-42,51,59-61H,8-9,14,17,20-23,25-26,50H2,1-2H3,(H,52,62)(H,53,65)(H,54,66)(H,55,64)(H,56,68)(H,57,63)(H,58,67)(H,69,70)/t27-,28-,35+,36+,37-,38+,39?,41+,42+/m1/s1. The van der Waals surface area contributed by atoms with Crippen LogP contribution in [0.1, 0.15) is 56.2 Å². The highest BCUT2D eigenvalue weighted by Crippen LogP contribution is 2.25. The molecule has 21 nitrogen and oxygen atoms in total. The molecular weight excluding hydrogens is 971 g/mol. The van der Waals surface area contributed by atoms with Crippen molar-refractivity contribution in [2.45, 2.75) is 113 Å². The molecule has 2 heterocycles. The maximum Gasteiger partial charge on any atom is 0.328 e. The maximum absolute atomic E-state index is 14.7. The molecule has 1 aliphatic heterocycles. The van der Waals surface area contributed by atoms with Gasteiger partial charge in [-0.25, -0.2) is 4.79 Å². The number of phenolic OH excluding ortho intramolecular Hbond substituents is 1. The number of carboxylic acids is 1. The molecule has 0 radical (unpaired) electrons. The molecule has 1 unspecified atom stereocenters. The summed E-state index contributed by atoms with van der Waals surface area (Å²) >= 11 is 0. The number of nitrogens with one attached hydrogen (secondary N) is 8. The second kappa shape index (κ2) is 27.8. The number of amides is 7. The lowest BCUT2D eigenvalue weighted by molar-refractivity contribution is -0.145. The third-order valence-electron chi connectivity index (χ3n) is 11.8. The zero-order valence-corrected chi connectivity index (χ0v) is 41.4. The number of carbonyl (C=O) groups is 8. The van der Waals surface area contributed by atoms with Gasteiger partial charge in [0.2, 0.25) is 41.4 Å². The zero-order valence-electron chi connectivity index (χ0n) is 39.8. The Labute approximate surface area is 423 Å². The Morgan fingerprint density at radius 2 is 1.35 bits per heavy atom. The number of aromatic amines is 1. The monoisotopic (exact) mass is 1030 g/mol. The number of hydrogen-bond donors (Lipinski definition) is 13. The van der Waals surface area contributed by atoms with Crippen molar-refractivity contribution in [3.8, 4) is 5.75 Å². The Morgan fingerprint density at radius 3 is 2.01 bits per heavy atom. The van der Waals surface area contributed by atoms with Crippen LogP contribution in [0, 0.1) is 0 Å². The maximum atomic E-state index is 14.7. The molecule has 9 atom stereocenters. The molecule has 0 aliphatic carbocycles. The summed E-state index contributed by atoms with van der Waals surface area (Å²) in [6.45, 7) is 2.59. The Kier molecular flexibility index (Phi) is 21.7. The number of carbonyl (C=O) groups excluding carboxylic acids is 7. The van der Waals surface area contributed by atoms with Gasteiger partial charge in [-0.1, -0.05) is 82.3 Å². The highest BCUT2D eigenvalue weighted by atomic mass is 33.1. The molecule has 1 fully saturated rings. The molecule has 4 aromatic rings. The Balaban J connectivity index is 1.57. The van der Waals surface area contributed by atoms with Gasteiger partial charge in [0, 0.05) is 47.9 Å². The number of aromatic hydroxyl groups is 1. The molecule has 72 heavy (non-hydrogen) atoms. The summed E-state index contributed by atoms with van der Waals surface area (Å²) in [5.41, 5.74) is 8.49. The summed E-state index contributed by atoms with van der Waals surface area (Å²) < 4.78 is 0. The van der Waals surface area contributed by atoms with Crippen LogP contribution in [0.15, 0.2) is 85.1 Å². The Morgan fingerprint density at radius 1 is 0.722 bits per heavy atom. The lowest BCUT2D eigenvalue weighted by atomic mass is 10.0. The highest BCUT2D eigenvalue weighted by Gasteiger charge is 2.37. The highest BCUT2D eigenvalue weighted by molar-refractivity contribution is 8.76. The van der Waals surface area contributed by atoms with Crippen molar-refractivity contribution in [2.75, 3.05) is 18.1 Å². The van der Waals surface area contributed by atoms with E-state index in [0.29, 0.717) is 30.4 Å². The first kappa shape index (κ1) is 56.3. The fraction of sp³-hybridized carbons (Fsp3) is 0.429. The van der Waals surface area contributed by atoms with E-state index in [9.17, 15) is 58.8 Å². The van der Waals surface area contributed by atoms with Gasteiger partial charge in [-0.3, -0.25) is 33.6 Å². The van der Waals surface area contributed by atoms with Crippen molar-refractivity contribution in [3.05, 3.63) is 102 Å². The van der Waals surface area contributed by atoms with Crippen molar-refractivity contribution >= 4 is 79.8 Å². The summed E-state index contributed by atoms with van der Waals surface area (Å²) in [5, 5.41) is 59.7. The topological polar surface area (TPSA) is 344 Å². The van der Waals surface area contributed by atoms with Gasteiger partial charge in [0.15, 0.2) is 6.04 Å². The van der Waals surface area contributed by atoms with E-state index >= 15 is 0 Å². The van der Waals surface area contributed by atoms with Crippen LogP contribution in [0.4, 0.5) is 0 Å². The van der Waals surface area contributed by atoms with Crippen LogP contribution in [0.3, 0.4) is 0 Å². The molecule has 0 spiro atoms. The molecule has 3 aromatic carbocycles. The van der Waals surface area contributed by atoms with Gasteiger partial charge in [0.1, 0.15) is 42.0 Å². The number of hydrogen-bond acceptors (Lipinski definition) is 14. The van der Waals surface area contributed by atoms with E-state index in [1.165, 1.54) is 19.1 Å². The summed E-state index contributed by atoms with van der Waals surface area (Å²) in [6.07, 6.45) is -0.716. The summed E-state index contributed by atoms with van der Waals surface area (Å²) in [4.78, 5) is 114. The molecule has 23 heteroatoms. The van der Waals surface area contributed by atoms with Gasteiger partial charge in [0.25, 0.3) is 0 Å². The number of phenols is 1. The van der Waals surface area contributed by atoms with Gasteiger partial charge in [-0.15, -0.1) is 0 Å². The van der Waals surface area contributed by atoms with E-state index in [0.717, 1.165) is 45.0 Å². The number of aliphatic hydroxyl groups excluding tert-OH is 2. The lowest BCUT2D eigenvalue weighted by Crippen LogP contribution is -2.62. The van der Waals surface area contributed by atoms with Crippen LogP contribution in [-0.4, -0.2) is 145 Å². The molecule has 1 saturated heterocycles. The van der Waals surface area contributed by atoms with Crippen molar-refractivity contribution in [3.63, 3.8) is 0 Å². The van der Waals surface area contributed by atoms with E-state index < -0.39 is 102 Å². The lowest BCUT2D eigenvalue weighted by Gasteiger charge is -2.29. The Bertz CT molecular complexity index is 2490. The second-order valence-electron chi connectivity index (χ2n) is 17.4. The molecule has 388 valence electrons. The molecule has 14 N–H and O–H groups in total. The van der Waals surface area contributed by atoms with E-state index in [1.54, 1.807) is 24.4 Å². The number of unbranched alkanes of at least 4 members (excludes halogenated alkanes) is 1. The van der Waals surface area contributed by atoms with E-state index in [4.69, 9.17) is 5.73 Å². The fourth-order valence-electron chi connectivity index (χ4n) is 7.72. The second-order valence-corrected chi connectivity index (χ2v) is 20.0. The van der Waals surface area contributed by atoms with E-state index in [-0.39, 0.29) is 49.5 Å². The fourth-order valence-corrected chi connectivity index (χ4v) is 10.0. The Hall–Kier alpha value is -6.66. The number of carboxylic acid groups (broad SMARTS) is 1. The first-order valence-corrected chi connectivity index (χ1v) is 25.9. The van der Waals surface area contributed by atoms with Crippen LogP contribution in [0.25, 0.3) is 10.9 Å². The SMILES string of the molecule is C[C@@H](O)[C@H](NC(=O)C1CSSC[C@H](NC(=O)CCc2ccccc2)C(=O)N[C@@H](Cc2ccc(O)cc2)C(=O)N[C@H](Cc2c[nH]c3ccccc23)C(=O)N[C@@H](CCCCN)C(=O)N[C@@H]([C@@H](C)O)C(=O)N1)C(=O)O. The minimum absolute atomic E-state index is 0.0104. The van der Waals surface area contributed by atoms with Crippen LogP contribution in [0.2, 0.25) is 0 Å². The van der Waals surface area contributed by atoms with Crippen molar-refractivity contribution < 1.29 is 58.8 Å². The third kappa shape index (κ3) is 17.0. The molecular formula is C49H63N9O12S2. The quantitative estimate of drug-likeness (QED) is 0.0491. The number of para-hydroxylation sites is 1. The number of aryl methyl sites for hydroxylation is 1. The number of aliphatic hydroxyl groups is 2. The number of fused-ring (bicyclic) bond motifs is 1. The third-order valence-corrected chi connectivity index (χ3v) is 14.2. The van der Waals surface area contributed by atoms with Crippen LogP contribution >= 0.6 is 21.6 Å². The van der Waals surface area contributed by atoms with Gasteiger partial charge >= 0.3 is 5.97 Å². The summed E-state index contributed by atoms with van der Waals surface area (Å²) in [5.74, 6) is -8.12. The summed E-state index contributed by atoms with van der Waals surface area (Å²) in [7, 11) is 1.93. The van der Waals surface area contributed by atoms with Crippen LogP contribution < -0.4 is 43.0 Å². The molecule has 5 rings (SSSR count). The predicted molar refractivity (Wildman–Crippen MR) is 271 cm³/mol. The number of aliphatic carboxylic acids is 1. The largest absolute Gasteiger partial charge is 0.508 e. The molecule has 0 saturated carbocycles. The number of benzene rings is 3. The van der Waals surface area contributed by atoms with Gasteiger partial charge in [-0.05, 0) is 81.0 Å². The molecule has 1 aromatic heterocycles. The normalized spacial score (nSPS) is 22.2. The van der Waals surface area contributed by atoms with E-state index in [1.807, 2.05) is 48.5 Å². The van der Waals surface area contributed by atoms with Gasteiger partial charge in [-0.2, -0.15) is 0 Å². The average Bonchev–Trinajstić information content (AvgIpc) is 3.76. The van der Waals surface area contributed by atoms with Crippen LogP contribution in [0.5, 0.6) is 5.75 Å². The van der Waals surface area contributed by atoms with Crippen molar-refractivity contribution in [2.24, 2.45) is 5.73 Å². The number of rotatable bonds is 17. The predicted octanol–water partition coefficient (Wildman–Crippen LogP) is 0.0553. The number of nitrogens with two attached hydrogens (primary N) is 1. The van der Waals surface area contributed by atoms with Gasteiger partial charge in [0.05, 0.1) is 12.2 Å². The van der Waals surface area contributed by atoms with Crippen LogP contribution in [-0.2, 0) is 57.6 Å². The molecule has 1 aliphatic rings. The minimum Gasteiger partial charge on any atom is -0.508 e. The zero-order chi connectivity index (χ0) is 52.3. The molecule has 0 bridgehead atoms.